The van der Waals surface area contributed by atoms with Crippen LogP contribution < -0.4 is 5.43 Å². The summed E-state index contributed by atoms with van der Waals surface area (Å²) in [6.07, 6.45) is 5.30. The third-order valence-corrected chi connectivity index (χ3v) is 4.97. The predicted octanol–water partition coefficient (Wildman–Crippen LogP) is 3.88. The Kier molecular flexibility index (Phi) is 3.79. The van der Waals surface area contributed by atoms with Gasteiger partial charge < -0.3 is 0 Å². The quantitative estimate of drug-likeness (QED) is 0.666. The number of amides is 1. The number of hydrazone groups is 1. The highest BCUT2D eigenvalue weighted by molar-refractivity contribution is 6.30. The van der Waals surface area contributed by atoms with Crippen LogP contribution in [0.5, 0.6) is 0 Å². The van der Waals surface area contributed by atoms with E-state index in [4.69, 9.17) is 11.6 Å². The molecule has 106 valence electrons. The average Bonchev–Trinajstić information content (AvgIpc) is 3.08. The molecule has 0 radical (unpaired) electrons. The van der Waals surface area contributed by atoms with Gasteiger partial charge in [0.15, 0.2) is 0 Å². The molecular weight excluding hydrogens is 272 g/mol. The van der Waals surface area contributed by atoms with Crippen LogP contribution in [-0.4, -0.2) is 11.6 Å². The normalized spacial score (nSPS) is 28.7. The van der Waals surface area contributed by atoms with Crippen LogP contribution in [0.2, 0.25) is 5.02 Å². The standard InChI is InChI=1S/C16H19ClN2O/c1-10(15-9-11-2-3-13(15)8-11)18-19-16(20)12-4-6-14(17)7-5-12/h4-7,11,13,15H,2-3,8-9H2,1H3,(H,19,20)/b18-10+. The van der Waals surface area contributed by atoms with E-state index >= 15 is 0 Å². The number of hydrogen-bond acceptors (Lipinski definition) is 2. The summed E-state index contributed by atoms with van der Waals surface area (Å²) in [7, 11) is 0. The molecule has 2 aliphatic carbocycles. The summed E-state index contributed by atoms with van der Waals surface area (Å²) in [5.74, 6) is 2.07. The number of rotatable bonds is 3. The third kappa shape index (κ3) is 2.73. The second-order valence-electron chi connectivity index (χ2n) is 5.98. The molecule has 0 spiro atoms. The molecule has 2 aliphatic rings. The number of halogens is 1. The molecule has 0 saturated heterocycles. The summed E-state index contributed by atoms with van der Waals surface area (Å²) in [5, 5.41) is 4.94. The van der Waals surface area contributed by atoms with Crippen LogP contribution in [0.25, 0.3) is 0 Å². The van der Waals surface area contributed by atoms with Gasteiger partial charge in [-0.1, -0.05) is 18.0 Å². The summed E-state index contributed by atoms with van der Waals surface area (Å²) in [4.78, 5) is 12.0. The fraction of sp³-hybridized carbons (Fsp3) is 0.500. The molecule has 1 aromatic carbocycles. The van der Waals surface area contributed by atoms with Gasteiger partial charge in [0, 0.05) is 22.2 Å². The fourth-order valence-corrected chi connectivity index (χ4v) is 3.77. The van der Waals surface area contributed by atoms with Gasteiger partial charge in [-0.05, 0) is 62.3 Å². The van der Waals surface area contributed by atoms with Crippen LogP contribution in [0.4, 0.5) is 0 Å². The summed E-state index contributed by atoms with van der Waals surface area (Å²) in [5.41, 5.74) is 4.31. The Balaban J connectivity index is 1.61. The van der Waals surface area contributed by atoms with Crippen molar-refractivity contribution in [3.05, 3.63) is 34.9 Å². The van der Waals surface area contributed by atoms with Crippen LogP contribution in [-0.2, 0) is 0 Å². The zero-order valence-electron chi connectivity index (χ0n) is 11.6. The minimum absolute atomic E-state index is 0.177. The molecule has 3 nitrogen and oxygen atoms in total. The predicted molar refractivity (Wildman–Crippen MR) is 81.0 cm³/mol. The van der Waals surface area contributed by atoms with E-state index in [-0.39, 0.29) is 5.91 Å². The molecule has 0 heterocycles. The third-order valence-electron chi connectivity index (χ3n) is 4.71. The van der Waals surface area contributed by atoms with Crippen molar-refractivity contribution in [2.75, 3.05) is 0 Å². The molecule has 1 aromatic rings. The summed E-state index contributed by atoms with van der Waals surface area (Å²) < 4.78 is 0. The summed E-state index contributed by atoms with van der Waals surface area (Å²) in [6.45, 7) is 2.04. The monoisotopic (exact) mass is 290 g/mol. The van der Waals surface area contributed by atoms with E-state index in [1.807, 2.05) is 6.92 Å². The SMILES string of the molecule is C/C(=N\NC(=O)c1ccc(Cl)cc1)C1CC2CCC1C2. The largest absolute Gasteiger partial charge is 0.271 e. The molecule has 3 unspecified atom stereocenters. The smallest absolute Gasteiger partial charge is 0.267 e. The Bertz CT molecular complexity index is 538. The topological polar surface area (TPSA) is 41.5 Å². The summed E-state index contributed by atoms with van der Waals surface area (Å²) >= 11 is 5.81. The van der Waals surface area contributed by atoms with Crippen LogP contribution >= 0.6 is 11.6 Å². The molecule has 2 saturated carbocycles. The Labute approximate surface area is 124 Å². The second-order valence-corrected chi connectivity index (χ2v) is 6.42. The van der Waals surface area contributed by atoms with Crippen molar-refractivity contribution in [1.29, 1.82) is 0 Å². The molecule has 2 fully saturated rings. The number of benzene rings is 1. The lowest BCUT2D eigenvalue weighted by Gasteiger charge is -2.21. The van der Waals surface area contributed by atoms with E-state index in [0.717, 1.165) is 17.5 Å². The zero-order chi connectivity index (χ0) is 14.1. The molecule has 1 amide bonds. The Morgan fingerprint density at radius 2 is 2.00 bits per heavy atom. The van der Waals surface area contributed by atoms with Gasteiger partial charge >= 0.3 is 0 Å². The molecule has 2 bridgehead atoms. The van der Waals surface area contributed by atoms with Gasteiger partial charge in [-0.15, -0.1) is 0 Å². The van der Waals surface area contributed by atoms with Crippen molar-refractivity contribution < 1.29 is 4.79 Å². The highest BCUT2D eigenvalue weighted by Crippen LogP contribution is 2.48. The number of carbonyl (C=O) groups excluding carboxylic acids is 1. The molecule has 20 heavy (non-hydrogen) atoms. The van der Waals surface area contributed by atoms with Crippen molar-refractivity contribution in [1.82, 2.24) is 5.43 Å². The number of nitrogens with zero attached hydrogens (tertiary/aromatic N) is 1. The minimum atomic E-state index is -0.177. The molecule has 1 N–H and O–H groups in total. The molecule has 0 aromatic heterocycles. The van der Waals surface area contributed by atoms with Crippen LogP contribution in [0.15, 0.2) is 29.4 Å². The number of carbonyl (C=O) groups is 1. The van der Waals surface area contributed by atoms with Gasteiger partial charge in [-0.25, -0.2) is 5.43 Å². The van der Waals surface area contributed by atoms with E-state index < -0.39 is 0 Å². The molecular formula is C16H19ClN2O. The lowest BCUT2D eigenvalue weighted by atomic mass is 9.86. The highest BCUT2D eigenvalue weighted by Gasteiger charge is 2.40. The zero-order valence-corrected chi connectivity index (χ0v) is 12.4. The maximum absolute atomic E-state index is 12.0. The lowest BCUT2D eigenvalue weighted by molar-refractivity contribution is 0.0954. The highest BCUT2D eigenvalue weighted by atomic mass is 35.5. The van der Waals surface area contributed by atoms with Crippen molar-refractivity contribution in [2.24, 2.45) is 22.9 Å². The van der Waals surface area contributed by atoms with Crippen molar-refractivity contribution in [3.8, 4) is 0 Å². The van der Waals surface area contributed by atoms with Crippen LogP contribution in [0, 0.1) is 17.8 Å². The average molecular weight is 291 g/mol. The summed E-state index contributed by atoms with van der Waals surface area (Å²) in [6, 6.07) is 6.84. The van der Waals surface area contributed by atoms with Crippen molar-refractivity contribution in [2.45, 2.75) is 32.6 Å². The second kappa shape index (κ2) is 5.57. The first-order valence-corrected chi connectivity index (χ1v) is 7.61. The van der Waals surface area contributed by atoms with E-state index in [1.165, 1.54) is 25.7 Å². The van der Waals surface area contributed by atoms with Gasteiger partial charge in [0.05, 0.1) is 0 Å². The maximum Gasteiger partial charge on any atom is 0.271 e. The molecule has 4 heteroatoms. The van der Waals surface area contributed by atoms with Crippen LogP contribution in [0.1, 0.15) is 43.0 Å². The number of nitrogens with one attached hydrogen (secondary N) is 1. The van der Waals surface area contributed by atoms with E-state index in [0.29, 0.717) is 16.5 Å². The van der Waals surface area contributed by atoms with E-state index in [9.17, 15) is 4.79 Å². The van der Waals surface area contributed by atoms with E-state index in [1.54, 1.807) is 24.3 Å². The van der Waals surface area contributed by atoms with Gasteiger partial charge in [0.25, 0.3) is 5.91 Å². The first-order chi connectivity index (χ1) is 9.63. The van der Waals surface area contributed by atoms with Crippen LogP contribution in [0.3, 0.4) is 0 Å². The van der Waals surface area contributed by atoms with Gasteiger partial charge in [-0.3, -0.25) is 4.79 Å². The first kappa shape index (κ1) is 13.6. The maximum atomic E-state index is 12.0. The van der Waals surface area contributed by atoms with Gasteiger partial charge in [0.1, 0.15) is 0 Å². The van der Waals surface area contributed by atoms with Crippen molar-refractivity contribution in [3.63, 3.8) is 0 Å². The van der Waals surface area contributed by atoms with E-state index in [2.05, 4.69) is 10.5 Å². The number of hydrogen-bond donors (Lipinski definition) is 1. The Hall–Kier alpha value is -1.35. The van der Waals surface area contributed by atoms with Gasteiger partial charge in [-0.2, -0.15) is 5.10 Å². The molecule has 0 aliphatic heterocycles. The fourth-order valence-electron chi connectivity index (χ4n) is 3.64. The Morgan fingerprint density at radius 1 is 1.25 bits per heavy atom. The van der Waals surface area contributed by atoms with Gasteiger partial charge in [0.2, 0.25) is 0 Å². The number of fused-ring (bicyclic) bond motifs is 2. The molecule has 3 rings (SSSR count). The molecule has 3 atom stereocenters. The minimum Gasteiger partial charge on any atom is -0.267 e. The Morgan fingerprint density at radius 3 is 2.60 bits per heavy atom. The lowest BCUT2D eigenvalue weighted by Crippen LogP contribution is -2.24. The van der Waals surface area contributed by atoms with Crippen molar-refractivity contribution >= 4 is 23.2 Å². The first-order valence-electron chi connectivity index (χ1n) is 7.23.